The molecule has 2 aromatic carbocycles. The second kappa shape index (κ2) is 8.38. The van der Waals surface area contributed by atoms with Crippen molar-refractivity contribution in [1.82, 2.24) is 19.2 Å². The van der Waals surface area contributed by atoms with Crippen LogP contribution in [0.3, 0.4) is 0 Å². The van der Waals surface area contributed by atoms with Gasteiger partial charge < -0.3 is 4.57 Å². The summed E-state index contributed by atoms with van der Waals surface area (Å²) in [5.41, 5.74) is 1.71. The van der Waals surface area contributed by atoms with Gasteiger partial charge in [0.15, 0.2) is 10.6 Å². The van der Waals surface area contributed by atoms with Crippen LogP contribution in [0.4, 0.5) is 4.39 Å². The van der Waals surface area contributed by atoms with Crippen LogP contribution in [0.1, 0.15) is 18.9 Å². The van der Waals surface area contributed by atoms with Crippen LogP contribution in [0.2, 0.25) is 0 Å². The molecule has 1 heterocycles. The minimum Gasteiger partial charge on any atom is -0.303 e. The summed E-state index contributed by atoms with van der Waals surface area (Å²) in [7, 11) is 1.83. The van der Waals surface area contributed by atoms with Crippen molar-refractivity contribution in [3.05, 3.63) is 70.7 Å². The number of benzene rings is 2. The van der Waals surface area contributed by atoms with Crippen LogP contribution in [0.5, 0.6) is 0 Å². The highest BCUT2D eigenvalue weighted by molar-refractivity contribution is 7.71. The molecule has 0 unspecified atom stereocenters. The highest BCUT2D eigenvalue weighted by atomic mass is 32.1. The van der Waals surface area contributed by atoms with Crippen molar-refractivity contribution < 1.29 is 4.39 Å². The number of aromatic nitrogens is 3. The zero-order valence-electron chi connectivity index (χ0n) is 15.1. The van der Waals surface area contributed by atoms with E-state index in [9.17, 15) is 4.39 Å². The van der Waals surface area contributed by atoms with Crippen LogP contribution in [0.15, 0.2) is 54.6 Å². The quantitative estimate of drug-likeness (QED) is 0.567. The van der Waals surface area contributed by atoms with E-state index in [-0.39, 0.29) is 5.82 Å². The van der Waals surface area contributed by atoms with Gasteiger partial charge in [0.1, 0.15) is 5.82 Å². The van der Waals surface area contributed by atoms with Gasteiger partial charge >= 0.3 is 0 Å². The predicted molar refractivity (Wildman–Crippen MR) is 105 cm³/mol. The van der Waals surface area contributed by atoms with Gasteiger partial charge in [0.05, 0.1) is 12.2 Å². The Kier molecular flexibility index (Phi) is 5.96. The first-order valence-corrected chi connectivity index (χ1v) is 9.16. The van der Waals surface area contributed by atoms with Crippen molar-refractivity contribution >= 4 is 12.2 Å². The molecule has 0 saturated carbocycles. The lowest BCUT2D eigenvalue weighted by atomic mass is 10.2. The van der Waals surface area contributed by atoms with E-state index in [0.717, 1.165) is 19.5 Å². The molecule has 1 aromatic heterocycles. The second-order valence-corrected chi connectivity index (χ2v) is 6.69. The molecule has 0 aliphatic heterocycles. The Balaban J connectivity index is 1.87. The highest BCUT2D eigenvalue weighted by Gasteiger charge is 2.15. The molecule has 0 spiro atoms. The molecule has 6 heteroatoms. The summed E-state index contributed by atoms with van der Waals surface area (Å²) in [5, 5.41) is 4.60. The molecule has 0 radical (unpaired) electrons. The van der Waals surface area contributed by atoms with Gasteiger partial charge in [-0.3, -0.25) is 4.90 Å². The molecule has 0 saturated heterocycles. The molecule has 0 aliphatic carbocycles. The van der Waals surface area contributed by atoms with E-state index in [1.807, 2.05) is 25.2 Å². The maximum absolute atomic E-state index is 14.2. The normalized spacial score (nSPS) is 11.2. The van der Waals surface area contributed by atoms with E-state index in [1.165, 1.54) is 11.6 Å². The largest absolute Gasteiger partial charge is 0.303 e. The summed E-state index contributed by atoms with van der Waals surface area (Å²) >= 11 is 5.54. The number of hydrogen-bond donors (Lipinski definition) is 0. The molecule has 0 atom stereocenters. The predicted octanol–water partition coefficient (Wildman–Crippen LogP) is 4.63. The van der Waals surface area contributed by atoms with Gasteiger partial charge in [0.2, 0.25) is 0 Å². The molecule has 0 N–H and O–H groups in total. The molecule has 0 fully saturated rings. The van der Waals surface area contributed by atoms with Gasteiger partial charge in [-0.05, 0) is 42.9 Å². The summed E-state index contributed by atoms with van der Waals surface area (Å²) in [6.45, 7) is 4.48. The first-order valence-electron chi connectivity index (χ1n) is 8.75. The fourth-order valence-electron chi connectivity index (χ4n) is 3.00. The Labute approximate surface area is 158 Å². The van der Waals surface area contributed by atoms with Crippen LogP contribution in [-0.2, 0) is 20.3 Å². The Morgan fingerprint density at radius 2 is 1.77 bits per heavy atom. The summed E-state index contributed by atoms with van der Waals surface area (Å²) in [4.78, 5) is 2.29. The zero-order valence-corrected chi connectivity index (χ0v) is 15.9. The van der Waals surface area contributed by atoms with E-state index in [4.69, 9.17) is 12.2 Å². The Hall–Kier alpha value is -2.31. The van der Waals surface area contributed by atoms with E-state index in [2.05, 4.69) is 29.1 Å². The van der Waals surface area contributed by atoms with Crippen molar-refractivity contribution in [2.45, 2.75) is 26.6 Å². The average Bonchev–Trinajstić information content (AvgIpc) is 2.91. The first-order chi connectivity index (χ1) is 12.6. The topological polar surface area (TPSA) is 26.0 Å². The fraction of sp³-hybridized carbons (Fsp3) is 0.300. The monoisotopic (exact) mass is 370 g/mol. The van der Waals surface area contributed by atoms with E-state index >= 15 is 0 Å². The van der Waals surface area contributed by atoms with Crippen LogP contribution >= 0.6 is 12.2 Å². The Morgan fingerprint density at radius 3 is 2.46 bits per heavy atom. The maximum Gasteiger partial charge on any atom is 0.199 e. The molecule has 0 amide bonds. The molecular formula is C20H23FN4S. The van der Waals surface area contributed by atoms with Crippen molar-refractivity contribution in [3.8, 4) is 11.4 Å². The van der Waals surface area contributed by atoms with Gasteiger partial charge in [-0.25, -0.2) is 9.07 Å². The summed E-state index contributed by atoms with van der Waals surface area (Å²) < 4.78 is 18.3. The molecule has 26 heavy (non-hydrogen) atoms. The van der Waals surface area contributed by atoms with Crippen LogP contribution in [0.25, 0.3) is 11.4 Å². The molecule has 0 bridgehead atoms. The zero-order chi connectivity index (χ0) is 18.5. The van der Waals surface area contributed by atoms with E-state index in [0.29, 0.717) is 22.8 Å². The Bertz CT molecular complexity index is 917. The number of hydrogen-bond acceptors (Lipinski definition) is 3. The lowest BCUT2D eigenvalue weighted by Crippen LogP contribution is -2.27. The van der Waals surface area contributed by atoms with Crippen molar-refractivity contribution in [1.29, 1.82) is 0 Å². The summed E-state index contributed by atoms with van der Waals surface area (Å²) in [6, 6.07) is 17.0. The number of nitrogens with zero attached hydrogens (tertiary/aromatic N) is 4. The fourth-order valence-corrected chi connectivity index (χ4v) is 3.19. The van der Waals surface area contributed by atoms with Crippen molar-refractivity contribution in [2.75, 3.05) is 6.54 Å². The maximum atomic E-state index is 14.2. The third kappa shape index (κ3) is 4.08. The molecular weight excluding hydrogens is 347 g/mol. The standard InChI is InChI=1S/C20H23FN4S/c1-3-13-24(14-16-9-5-4-6-10-16)15-25-20(26)23(2)19(22-25)17-11-7-8-12-18(17)21/h4-12H,3,13-15H2,1-2H3. The summed E-state index contributed by atoms with van der Waals surface area (Å²) in [6.07, 6.45) is 1.03. The van der Waals surface area contributed by atoms with Crippen molar-refractivity contribution in [2.24, 2.45) is 7.05 Å². The highest BCUT2D eigenvalue weighted by Crippen LogP contribution is 2.21. The SMILES string of the molecule is CCCN(Cc1ccccc1)Cn1nc(-c2ccccc2F)n(C)c1=S. The van der Waals surface area contributed by atoms with E-state index < -0.39 is 0 Å². The molecule has 0 aliphatic rings. The van der Waals surface area contributed by atoms with Crippen LogP contribution in [-0.4, -0.2) is 25.8 Å². The van der Waals surface area contributed by atoms with Crippen LogP contribution in [0, 0.1) is 10.6 Å². The molecule has 4 nitrogen and oxygen atoms in total. The third-order valence-electron chi connectivity index (χ3n) is 4.28. The molecule has 136 valence electrons. The minimum absolute atomic E-state index is 0.294. The van der Waals surface area contributed by atoms with Gasteiger partial charge in [-0.15, -0.1) is 0 Å². The second-order valence-electron chi connectivity index (χ2n) is 6.32. The lowest BCUT2D eigenvalue weighted by Gasteiger charge is -2.21. The average molecular weight is 370 g/mol. The smallest absolute Gasteiger partial charge is 0.199 e. The number of rotatable bonds is 7. The first kappa shape index (κ1) is 18.5. The van der Waals surface area contributed by atoms with Crippen molar-refractivity contribution in [3.63, 3.8) is 0 Å². The van der Waals surface area contributed by atoms with E-state index in [1.54, 1.807) is 27.4 Å². The van der Waals surface area contributed by atoms with Gasteiger partial charge in [-0.1, -0.05) is 49.4 Å². The third-order valence-corrected chi connectivity index (χ3v) is 4.76. The summed E-state index contributed by atoms with van der Waals surface area (Å²) in [5.74, 6) is 0.252. The van der Waals surface area contributed by atoms with Gasteiger partial charge in [0.25, 0.3) is 0 Å². The number of halogens is 1. The molecule has 3 rings (SSSR count). The molecule has 3 aromatic rings. The van der Waals surface area contributed by atoms with Gasteiger partial charge in [-0.2, -0.15) is 5.10 Å². The Morgan fingerprint density at radius 1 is 1.08 bits per heavy atom. The lowest BCUT2D eigenvalue weighted by molar-refractivity contribution is 0.197. The van der Waals surface area contributed by atoms with Crippen LogP contribution < -0.4 is 0 Å². The van der Waals surface area contributed by atoms with Gasteiger partial charge in [0, 0.05) is 13.6 Å². The minimum atomic E-state index is -0.294.